The van der Waals surface area contributed by atoms with E-state index in [1.807, 2.05) is 19.9 Å². The van der Waals surface area contributed by atoms with Gasteiger partial charge in [0.15, 0.2) is 5.75 Å². The van der Waals surface area contributed by atoms with Crippen LogP contribution in [0.4, 0.5) is 11.4 Å². The Morgan fingerprint density at radius 1 is 1.36 bits per heavy atom. The highest BCUT2D eigenvalue weighted by Crippen LogP contribution is 2.25. The number of rotatable bonds is 4. The number of nitrogens with zero attached hydrogens (tertiary/aromatic N) is 1. The molecule has 0 saturated carbocycles. The third kappa shape index (κ3) is 2.02. The number of anilines is 1. The van der Waals surface area contributed by atoms with Crippen molar-refractivity contribution in [1.82, 2.24) is 0 Å². The van der Waals surface area contributed by atoms with Crippen LogP contribution in [0.25, 0.3) is 0 Å². The first-order valence-corrected chi connectivity index (χ1v) is 4.69. The van der Waals surface area contributed by atoms with Gasteiger partial charge in [-0.3, -0.25) is 0 Å². The maximum atomic E-state index is 10.3. The summed E-state index contributed by atoms with van der Waals surface area (Å²) in [6.07, 6.45) is 0. The highest BCUT2D eigenvalue weighted by molar-refractivity contribution is 5.57. The number of hydrogen-bond donors (Lipinski definition) is 2. The maximum Gasteiger partial charge on any atom is 0.294 e. The van der Waals surface area contributed by atoms with Gasteiger partial charge in [0.1, 0.15) is 0 Å². The van der Waals surface area contributed by atoms with E-state index in [9.17, 15) is 10.0 Å². The van der Waals surface area contributed by atoms with E-state index in [-0.39, 0.29) is 11.4 Å². The molecule has 4 heteroatoms. The van der Waals surface area contributed by atoms with Crippen molar-refractivity contribution in [3.05, 3.63) is 23.1 Å². The highest BCUT2D eigenvalue weighted by atomic mass is 16.3. The van der Waals surface area contributed by atoms with Crippen LogP contribution in [-0.2, 0) is 0 Å². The fraction of sp³-hybridized carbons (Fsp3) is 0.400. The van der Waals surface area contributed by atoms with Crippen LogP contribution in [0.1, 0.15) is 13.8 Å². The number of nitroso groups, excluding NO2 is 1. The Hall–Kier alpha value is -1.58. The molecule has 0 amide bonds. The zero-order valence-electron chi connectivity index (χ0n) is 8.45. The molecule has 0 radical (unpaired) electrons. The Morgan fingerprint density at radius 2 is 2.00 bits per heavy atom. The molecule has 0 saturated heterocycles. The molecule has 0 atom stereocenters. The van der Waals surface area contributed by atoms with Gasteiger partial charge < -0.3 is 10.0 Å². The Morgan fingerprint density at radius 3 is 2.43 bits per heavy atom. The summed E-state index contributed by atoms with van der Waals surface area (Å²) in [4.78, 5) is 12.4. The average molecular weight is 195 g/mol. The van der Waals surface area contributed by atoms with Gasteiger partial charge in [0.25, 0.3) is 5.69 Å². The van der Waals surface area contributed by atoms with E-state index in [0.29, 0.717) is 0 Å². The van der Waals surface area contributed by atoms with E-state index in [0.717, 1.165) is 18.8 Å². The van der Waals surface area contributed by atoms with E-state index in [2.05, 4.69) is 4.90 Å². The Labute approximate surface area is 83.1 Å². The molecule has 1 aromatic carbocycles. The summed E-state index contributed by atoms with van der Waals surface area (Å²) < 4.78 is 0. The molecular formula is C10H15N2O2+. The molecule has 0 aliphatic carbocycles. The maximum absolute atomic E-state index is 10.3. The largest absolute Gasteiger partial charge is 0.502 e. The Kier molecular flexibility index (Phi) is 3.45. The first kappa shape index (κ1) is 10.5. The van der Waals surface area contributed by atoms with E-state index in [1.54, 1.807) is 17.3 Å². The predicted molar refractivity (Wildman–Crippen MR) is 55.7 cm³/mol. The molecule has 0 aliphatic heterocycles. The molecule has 0 spiro atoms. The van der Waals surface area contributed by atoms with Gasteiger partial charge in [0.05, 0.1) is 0 Å². The van der Waals surface area contributed by atoms with Crippen LogP contribution in [0.5, 0.6) is 5.75 Å². The minimum atomic E-state index is -0.00981. The number of benzene rings is 1. The van der Waals surface area contributed by atoms with Gasteiger partial charge in [-0.2, -0.15) is 0 Å². The molecule has 0 aromatic heterocycles. The molecule has 0 aliphatic rings. The molecule has 1 rings (SSSR count). The van der Waals surface area contributed by atoms with Crippen molar-refractivity contribution in [1.29, 1.82) is 0 Å². The quantitative estimate of drug-likeness (QED) is 0.696. The van der Waals surface area contributed by atoms with E-state index in [4.69, 9.17) is 0 Å². The molecule has 0 bridgehead atoms. The van der Waals surface area contributed by atoms with Crippen LogP contribution in [0.3, 0.4) is 0 Å². The van der Waals surface area contributed by atoms with Gasteiger partial charge in [0.2, 0.25) is 0 Å². The van der Waals surface area contributed by atoms with Crippen molar-refractivity contribution < 1.29 is 10.3 Å². The smallest absolute Gasteiger partial charge is 0.294 e. The van der Waals surface area contributed by atoms with Crippen LogP contribution in [-0.4, -0.2) is 18.2 Å². The second-order valence-corrected chi connectivity index (χ2v) is 2.98. The summed E-state index contributed by atoms with van der Waals surface area (Å²) in [7, 11) is 0. The topological polar surface area (TPSA) is 54.5 Å². The van der Waals surface area contributed by atoms with Crippen molar-refractivity contribution in [2.45, 2.75) is 13.8 Å². The molecule has 0 fully saturated rings. The summed E-state index contributed by atoms with van der Waals surface area (Å²) in [6.45, 7) is 5.83. The zero-order chi connectivity index (χ0) is 10.6. The number of phenols is 1. The van der Waals surface area contributed by atoms with Gasteiger partial charge in [-0.25, -0.2) is 0 Å². The Balaban J connectivity index is 3.00. The lowest BCUT2D eigenvalue weighted by atomic mass is 10.2. The van der Waals surface area contributed by atoms with Crippen molar-refractivity contribution in [2.75, 3.05) is 18.0 Å². The van der Waals surface area contributed by atoms with Gasteiger partial charge >= 0.3 is 0 Å². The second kappa shape index (κ2) is 4.60. The van der Waals surface area contributed by atoms with Crippen LogP contribution >= 0.6 is 0 Å². The summed E-state index contributed by atoms with van der Waals surface area (Å²) in [5, 5.41) is 11.1. The minimum absolute atomic E-state index is 0.00981. The van der Waals surface area contributed by atoms with Crippen molar-refractivity contribution >= 4 is 11.4 Å². The van der Waals surface area contributed by atoms with Crippen molar-refractivity contribution in [3.8, 4) is 5.75 Å². The van der Waals surface area contributed by atoms with Crippen LogP contribution in [0.2, 0.25) is 0 Å². The minimum Gasteiger partial charge on any atom is -0.502 e. The molecule has 0 unspecified atom stereocenters. The van der Waals surface area contributed by atoms with Gasteiger partial charge in [-0.05, 0) is 19.9 Å². The zero-order valence-corrected chi connectivity index (χ0v) is 8.45. The van der Waals surface area contributed by atoms with E-state index in [1.165, 1.54) is 0 Å². The normalized spacial score (nSPS) is 9.86. The van der Waals surface area contributed by atoms with Crippen LogP contribution in [0, 0.1) is 4.91 Å². The number of nitrogens with one attached hydrogen (secondary N) is 1. The fourth-order valence-corrected chi connectivity index (χ4v) is 1.39. The fourth-order valence-electron chi connectivity index (χ4n) is 1.39. The van der Waals surface area contributed by atoms with Crippen molar-refractivity contribution in [2.24, 2.45) is 0 Å². The second-order valence-electron chi connectivity index (χ2n) is 2.98. The number of aromatic hydroxyl groups is 1. The molecule has 0 heterocycles. The molecule has 14 heavy (non-hydrogen) atoms. The van der Waals surface area contributed by atoms with E-state index < -0.39 is 0 Å². The highest BCUT2D eigenvalue weighted by Gasteiger charge is 2.10. The van der Waals surface area contributed by atoms with Gasteiger partial charge in [-0.15, -0.1) is 0 Å². The van der Waals surface area contributed by atoms with Gasteiger partial charge in [0, 0.05) is 41.0 Å². The predicted octanol–water partition coefficient (Wildman–Crippen LogP) is 0.717. The van der Waals surface area contributed by atoms with E-state index >= 15 is 0 Å². The molecule has 76 valence electrons. The lowest BCUT2D eigenvalue weighted by molar-refractivity contribution is -0.380. The average Bonchev–Trinajstić information content (AvgIpc) is 2.20. The lowest BCUT2D eigenvalue weighted by Gasteiger charge is -2.20. The molecule has 4 nitrogen and oxygen atoms in total. The SMILES string of the molecule is CCN(CC)c1ccc([NH+]=O)c(O)c1. The number of phenolic OH excluding ortho intramolecular Hbond substituents is 1. The van der Waals surface area contributed by atoms with Gasteiger partial charge in [-0.1, -0.05) is 0 Å². The summed E-state index contributed by atoms with van der Waals surface area (Å²) in [6, 6.07) is 4.98. The number of hydrogen-bond acceptors (Lipinski definition) is 3. The van der Waals surface area contributed by atoms with Crippen molar-refractivity contribution in [3.63, 3.8) is 0 Å². The summed E-state index contributed by atoms with van der Waals surface area (Å²) in [5.41, 5.74) is 1.13. The summed E-state index contributed by atoms with van der Waals surface area (Å²) >= 11 is 0. The van der Waals surface area contributed by atoms with Crippen LogP contribution in [0.15, 0.2) is 18.2 Å². The standard InChI is InChI=1S/C10H14N2O2/c1-3-12(4-2)8-5-6-9(11-14)10(13)7-8/h5-7,13H,3-4H2,1-2H3/p+1. The first-order chi connectivity index (χ1) is 6.72. The molecular weight excluding hydrogens is 180 g/mol. The molecule has 2 N–H and O–H groups in total. The Bertz CT molecular complexity index is 322. The van der Waals surface area contributed by atoms with Crippen LogP contribution < -0.4 is 10.1 Å². The lowest BCUT2D eigenvalue weighted by Crippen LogP contribution is -2.55. The third-order valence-electron chi connectivity index (χ3n) is 2.22. The molecule has 1 aromatic rings. The first-order valence-electron chi connectivity index (χ1n) is 4.69. The monoisotopic (exact) mass is 195 g/mol. The summed E-state index contributed by atoms with van der Waals surface area (Å²) in [5.74, 6) is -0.00981. The third-order valence-corrected chi connectivity index (χ3v) is 2.22.